The molecule has 0 bridgehead atoms. The smallest absolute Gasteiger partial charge is 0.231 e. The van der Waals surface area contributed by atoms with Crippen molar-refractivity contribution in [2.24, 2.45) is 5.73 Å². The molecule has 0 heterocycles. The minimum absolute atomic E-state index is 0.294. The van der Waals surface area contributed by atoms with Gasteiger partial charge in [0.2, 0.25) is 5.91 Å². The standard InChI is InChI=1S/C11H13Br2NO/c1-6-3-8(4-7(2)10(6)13)5-9(12)11(14)15/h3-4,9H,5H2,1-2H3,(H2,14,15). The van der Waals surface area contributed by atoms with Gasteiger partial charge in [-0.25, -0.2) is 0 Å². The van der Waals surface area contributed by atoms with E-state index in [4.69, 9.17) is 5.73 Å². The Hall–Kier alpha value is -0.350. The lowest BCUT2D eigenvalue weighted by molar-refractivity contribution is -0.117. The van der Waals surface area contributed by atoms with E-state index in [2.05, 4.69) is 44.0 Å². The monoisotopic (exact) mass is 333 g/mol. The van der Waals surface area contributed by atoms with Crippen LogP contribution in [0, 0.1) is 13.8 Å². The number of carbonyl (C=O) groups is 1. The summed E-state index contributed by atoms with van der Waals surface area (Å²) < 4.78 is 1.12. The molecule has 1 amide bonds. The number of nitrogens with two attached hydrogens (primary N) is 1. The van der Waals surface area contributed by atoms with Crippen LogP contribution in [0.5, 0.6) is 0 Å². The summed E-state index contributed by atoms with van der Waals surface area (Å²) in [5, 5.41) is 0. The molecule has 0 spiro atoms. The SMILES string of the molecule is Cc1cc(CC(Br)C(N)=O)cc(C)c1Br. The average Bonchev–Trinajstić information content (AvgIpc) is 2.13. The van der Waals surface area contributed by atoms with Gasteiger partial charge >= 0.3 is 0 Å². The van der Waals surface area contributed by atoms with Crippen molar-refractivity contribution in [1.82, 2.24) is 0 Å². The van der Waals surface area contributed by atoms with Gasteiger partial charge < -0.3 is 5.73 Å². The molecule has 4 heteroatoms. The van der Waals surface area contributed by atoms with Crippen molar-refractivity contribution in [2.75, 3.05) is 0 Å². The lowest BCUT2D eigenvalue weighted by atomic mass is 10.0. The highest BCUT2D eigenvalue weighted by molar-refractivity contribution is 9.10. The Balaban J connectivity index is 2.92. The molecule has 15 heavy (non-hydrogen) atoms. The fourth-order valence-electron chi connectivity index (χ4n) is 1.46. The van der Waals surface area contributed by atoms with Crippen molar-refractivity contribution < 1.29 is 4.79 Å². The summed E-state index contributed by atoms with van der Waals surface area (Å²) in [6.45, 7) is 4.07. The Morgan fingerprint density at radius 3 is 2.27 bits per heavy atom. The van der Waals surface area contributed by atoms with Crippen molar-refractivity contribution in [3.8, 4) is 0 Å². The highest BCUT2D eigenvalue weighted by Crippen LogP contribution is 2.23. The number of primary amides is 1. The number of hydrogen-bond donors (Lipinski definition) is 1. The predicted octanol–water partition coefficient (Wildman–Crippen LogP) is 2.86. The number of alkyl halides is 1. The first-order chi connectivity index (χ1) is 6.91. The van der Waals surface area contributed by atoms with Crippen molar-refractivity contribution in [3.05, 3.63) is 33.3 Å². The number of hydrogen-bond acceptors (Lipinski definition) is 1. The Kier molecular flexibility index (Phi) is 4.34. The molecule has 1 rings (SSSR count). The van der Waals surface area contributed by atoms with Crippen molar-refractivity contribution >= 4 is 37.8 Å². The average molecular weight is 335 g/mol. The molecule has 0 radical (unpaired) electrons. The molecule has 1 aromatic carbocycles. The summed E-state index contributed by atoms with van der Waals surface area (Å²) >= 11 is 6.77. The third-order valence-electron chi connectivity index (χ3n) is 2.22. The summed E-state index contributed by atoms with van der Waals surface area (Å²) in [7, 11) is 0. The molecule has 0 saturated carbocycles. The second-order valence-corrected chi connectivity index (χ2v) is 5.52. The Bertz CT molecular complexity index is 367. The Labute approximate surface area is 106 Å². The molecule has 2 N–H and O–H groups in total. The van der Waals surface area contributed by atoms with E-state index in [-0.39, 0.29) is 10.7 Å². The minimum Gasteiger partial charge on any atom is -0.369 e. The van der Waals surface area contributed by atoms with Crippen LogP contribution in [0.15, 0.2) is 16.6 Å². The van der Waals surface area contributed by atoms with Crippen LogP contribution in [-0.2, 0) is 11.2 Å². The first-order valence-electron chi connectivity index (χ1n) is 4.61. The maximum atomic E-state index is 10.9. The van der Waals surface area contributed by atoms with Gasteiger partial charge in [0, 0.05) is 4.47 Å². The molecule has 0 saturated heterocycles. The largest absolute Gasteiger partial charge is 0.369 e. The maximum absolute atomic E-state index is 10.9. The van der Waals surface area contributed by atoms with E-state index in [1.54, 1.807) is 0 Å². The van der Waals surface area contributed by atoms with Gasteiger partial charge in [-0.1, -0.05) is 44.0 Å². The zero-order chi connectivity index (χ0) is 11.6. The van der Waals surface area contributed by atoms with Gasteiger partial charge in [0.05, 0.1) is 4.83 Å². The summed E-state index contributed by atoms with van der Waals surface area (Å²) in [6.07, 6.45) is 0.629. The Morgan fingerprint density at radius 2 is 1.87 bits per heavy atom. The van der Waals surface area contributed by atoms with Gasteiger partial charge in [0.25, 0.3) is 0 Å². The third kappa shape index (κ3) is 3.31. The minimum atomic E-state index is -0.326. The van der Waals surface area contributed by atoms with Crippen molar-refractivity contribution in [2.45, 2.75) is 25.1 Å². The molecule has 1 atom stereocenters. The van der Waals surface area contributed by atoms with Gasteiger partial charge in [0.15, 0.2) is 0 Å². The van der Waals surface area contributed by atoms with Crippen LogP contribution >= 0.6 is 31.9 Å². The van der Waals surface area contributed by atoms with Crippen molar-refractivity contribution in [3.63, 3.8) is 0 Å². The van der Waals surface area contributed by atoms with E-state index in [0.717, 1.165) is 10.0 Å². The molecule has 1 aromatic rings. The molecule has 0 aliphatic heterocycles. The van der Waals surface area contributed by atoms with Crippen molar-refractivity contribution in [1.29, 1.82) is 0 Å². The lowest BCUT2D eigenvalue weighted by Gasteiger charge is -2.10. The zero-order valence-electron chi connectivity index (χ0n) is 8.68. The van der Waals surface area contributed by atoms with E-state index in [1.807, 2.05) is 13.8 Å². The Morgan fingerprint density at radius 1 is 1.40 bits per heavy atom. The van der Waals surface area contributed by atoms with Crippen LogP contribution in [-0.4, -0.2) is 10.7 Å². The molecular formula is C11H13Br2NO. The van der Waals surface area contributed by atoms with Crippen LogP contribution in [0.2, 0.25) is 0 Å². The molecular weight excluding hydrogens is 322 g/mol. The summed E-state index contributed by atoms with van der Waals surface area (Å²) in [5.74, 6) is -0.326. The van der Waals surface area contributed by atoms with E-state index in [0.29, 0.717) is 6.42 Å². The fourth-order valence-corrected chi connectivity index (χ4v) is 2.06. The molecule has 0 aliphatic carbocycles. The van der Waals surface area contributed by atoms with E-state index in [9.17, 15) is 4.79 Å². The number of benzene rings is 1. The highest BCUT2D eigenvalue weighted by atomic mass is 79.9. The topological polar surface area (TPSA) is 43.1 Å². The van der Waals surface area contributed by atoms with Crippen LogP contribution < -0.4 is 5.73 Å². The molecule has 1 unspecified atom stereocenters. The van der Waals surface area contributed by atoms with Gasteiger partial charge in [0.1, 0.15) is 0 Å². The second-order valence-electron chi connectivity index (χ2n) is 3.62. The number of rotatable bonds is 3. The molecule has 0 fully saturated rings. The number of carbonyl (C=O) groups excluding carboxylic acids is 1. The van der Waals surface area contributed by atoms with Crippen LogP contribution in [0.4, 0.5) is 0 Å². The lowest BCUT2D eigenvalue weighted by Crippen LogP contribution is -2.25. The summed E-state index contributed by atoms with van der Waals surface area (Å²) in [5.41, 5.74) is 8.66. The predicted molar refractivity (Wildman–Crippen MR) is 69.2 cm³/mol. The molecule has 2 nitrogen and oxygen atoms in total. The number of aryl methyl sites for hydroxylation is 2. The van der Waals surface area contributed by atoms with E-state index >= 15 is 0 Å². The molecule has 0 aliphatic rings. The van der Waals surface area contributed by atoms with Gasteiger partial charge in [-0.2, -0.15) is 0 Å². The van der Waals surface area contributed by atoms with E-state index < -0.39 is 0 Å². The zero-order valence-corrected chi connectivity index (χ0v) is 11.9. The molecule has 0 aromatic heterocycles. The summed E-state index contributed by atoms with van der Waals surface area (Å²) in [6, 6.07) is 4.13. The van der Waals surface area contributed by atoms with Crippen LogP contribution in [0.1, 0.15) is 16.7 Å². The van der Waals surface area contributed by atoms with Gasteiger partial charge in [-0.3, -0.25) is 4.79 Å². The van der Waals surface area contributed by atoms with Crippen LogP contribution in [0.3, 0.4) is 0 Å². The normalized spacial score (nSPS) is 12.5. The fraction of sp³-hybridized carbons (Fsp3) is 0.364. The number of halogens is 2. The summed E-state index contributed by atoms with van der Waals surface area (Å²) in [4.78, 5) is 10.6. The van der Waals surface area contributed by atoms with Gasteiger partial charge in [-0.15, -0.1) is 0 Å². The first-order valence-corrected chi connectivity index (χ1v) is 6.31. The number of amides is 1. The molecule has 82 valence electrons. The van der Waals surface area contributed by atoms with Crippen LogP contribution in [0.25, 0.3) is 0 Å². The second kappa shape index (κ2) is 5.12. The van der Waals surface area contributed by atoms with Gasteiger partial charge in [-0.05, 0) is 37.0 Å². The van der Waals surface area contributed by atoms with E-state index in [1.165, 1.54) is 11.1 Å². The quantitative estimate of drug-likeness (QED) is 0.848. The maximum Gasteiger partial charge on any atom is 0.231 e. The first kappa shape index (κ1) is 12.7. The highest BCUT2D eigenvalue weighted by Gasteiger charge is 2.12. The third-order valence-corrected chi connectivity index (χ3v) is 4.25.